The first-order chi connectivity index (χ1) is 10.6. The standard InChI is InChI=1S/C17H31N3O2.ClH/c1-3-20(4-2)16(22)17(10-6-5-7-11-17)19-15(21)14-9-8-12-18-13-14;/h14,18H,3-13H2,1-2H3,(H,19,21);1H. The minimum absolute atomic E-state index is 0. The second-order valence-electron chi connectivity index (χ2n) is 6.65. The van der Waals surface area contributed by atoms with Crippen molar-refractivity contribution in [3.63, 3.8) is 0 Å². The van der Waals surface area contributed by atoms with Gasteiger partial charge >= 0.3 is 0 Å². The Morgan fingerprint density at radius 1 is 1.13 bits per heavy atom. The molecular weight excluding hydrogens is 314 g/mol. The topological polar surface area (TPSA) is 61.4 Å². The van der Waals surface area contributed by atoms with Crippen LogP contribution in [-0.4, -0.2) is 48.4 Å². The van der Waals surface area contributed by atoms with E-state index in [2.05, 4.69) is 10.6 Å². The third kappa shape index (κ3) is 4.83. The summed E-state index contributed by atoms with van der Waals surface area (Å²) in [6.45, 7) is 7.15. The van der Waals surface area contributed by atoms with E-state index < -0.39 is 5.54 Å². The molecule has 2 aliphatic rings. The van der Waals surface area contributed by atoms with Crippen molar-refractivity contribution in [2.24, 2.45) is 5.92 Å². The van der Waals surface area contributed by atoms with E-state index in [0.717, 1.165) is 58.0 Å². The fourth-order valence-electron chi connectivity index (χ4n) is 3.77. The number of likely N-dealkylation sites (N-methyl/N-ethyl adjacent to an activating group) is 1. The fraction of sp³-hybridized carbons (Fsp3) is 0.882. The van der Waals surface area contributed by atoms with Crippen molar-refractivity contribution < 1.29 is 9.59 Å². The second-order valence-corrected chi connectivity index (χ2v) is 6.65. The smallest absolute Gasteiger partial charge is 0.248 e. The molecule has 1 aliphatic heterocycles. The number of hydrogen-bond acceptors (Lipinski definition) is 3. The number of halogens is 1. The lowest BCUT2D eigenvalue weighted by Gasteiger charge is -2.41. The maximum absolute atomic E-state index is 13.0. The highest BCUT2D eigenvalue weighted by molar-refractivity contribution is 5.92. The van der Waals surface area contributed by atoms with Crippen LogP contribution in [0.4, 0.5) is 0 Å². The van der Waals surface area contributed by atoms with Crippen molar-refractivity contribution in [3.8, 4) is 0 Å². The van der Waals surface area contributed by atoms with E-state index in [1.807, 2.05) is 18.7 Å². The Labute approximate surface area is 146 Å². The van der Waals surface area contributed by atoms with Crippen molar-refractivity contribution in [2.45, 2.75) is 64.3 Å². The largest absolute Gasteiger partial charge is 0.341 e. The van der Waals surface area contributed by atoms with Gasteiger partial charge < -0.3 is 15.5 Å². The monoisotopic (exact) mass is 345 g/mol. The lowest BCUT2D eigenvalue weighted by Crippen LogP contribution is -2.62. The second kappa shape index (κ2) is 9.48. The van der Waals surface area contributed by atoms with Crippen LogP contribution < -0.4 is 10.6 Å². The minimum atomic E-state index is -0.654. The lowest BCUT2D eigenvalue weighted by molar-refractivity contribution is -0.144. The summed E-state index contributed by atoms with van der Waals surface area (Å²) in [6, 6.07) is 0. The summed E-state index contributed by atoms with van der Waals surface area (Å²) in [4.78, 5) is 27.5. The van der Waals surface area contributed by atoms with Gasteiger partial charge in [-0.3, -0.25) is 9.59 Å². The summed E-state index contributed by atoms with van der Waals surface area (Å²) in [5.41, 5.74) is -0.654. The Kier molecular flexibility index (Phi) is 8.34. The Balaban J connectivity index is 0.00000264. The van der Waals surface area contributed by atoms with Crippen LogP contribution in [0.25, 0.3) is 0 Å². The predicted molar refractivity (Wildman–Crippen MR) is 94.7 cm³/mol. The van der Waals surface area contributed by atoms with Gasteiger partial charge in [-0.15, -0.1) is 12.4 Å². The van der Waals surface area contributed by atoms with Gasteiger partial charge in [-0.05, 0) is 46.1 Å². The molecule has 0 aromatic carbocycles. The number of rotatable bonds is 5. The van der Waals surface area contributed by atoms with Crippen LogP contribution in [0.3, 0.4) is 0 Å². The molecule has 0 spiro atoms. The normalized spacial score (nSPS) is 23.5. The summed E-state index contributed by atoms with van der Waals surface area (Å²) >= 11 is 0. The average Bonchev–Trinajstić information content (AvgIpc) is 2.57. The van der Waals surface area contributed by atoms with Crippen molar-refractivity contribution in [1.29, 1.82) is 0 Å². The van der Waals surface area contributed by atoms with Crippen LogP contribution in [0, 0.1) is 5.92 Å². The zero-order valence-corrected chi connectivity index (χ0v) is 15.3. The quantitative estimate of drug-likeness (QED) is 0.802. The number of piperidine rings is 1. The summed E-state index contributed by atoms with van der Waals surface area (Å²) < 4.78 is 0. The number of carbonyl (C=O) groups is 2. The first kappa shape index (κ1) is 20.2. The van der Waals surface area contributed by atoms with Crippen LogP contribution in [-0.2, 0) is 9.59 Å². The molecule has 2 amide bonds. The van der Waals surface area contributed by atoms with Gasteiger partial charge in [-0.25, -0.2) is 0 Å². The van der Waals surface area contributed by atoms with Crippen LogP contribution in [0.5, 0.6) is 0 Å². The SMILES string of the molecule is CCN(CC)C(=O)C1(NC(=O)C2CCCNC2)CCCCC1.Cl. The van der Waals surface area contributed by atoms with Crippen LogP contribution >= 0.6 is 12.4 Å². The molecule has 2 fully saturated rings. The summed E-state index contributed by atoms with van der Waals surface area (Å²) in [7, 11) is 0. The third-order valence-corrected chi connectivity index (χ3v) is 5.20. The van der Waals surface area contributed by atoms with Crippen molar-refractivity contribution >= 4 is 24.2 Å². The molecule has 1 saturated heterocycles. The van der Waals surface area contributed by atoms with Crippen molar-refractivity contribution in [1.82, 2.24) is 15.5 Å². The van der Waals surface area contributed by atoms with E-state index >= 15 is 0 Å². The van der Waals surface area contributed by atoms with Gasteiger partial charge in [0.05, 0.1) is 5.92 Å². The fourth-order valence-corrected chi connectivity index (χ4v) is 3.77. The molecule has 134 valence electrons. The zero-order chi connectivity index (χ0) is 16.0. The number of nitrogens with one attached hydrogen (secondary N) is 2. The number of carbonyl (C=O) groups excluding carboxylic acids is 2. The molecule has 0 radical (unpaired) electrons. The molecule has 1 atom stereocenters. The van der Waals surface area contributed by atoms with E-state index in [-0.39, 0.29) is 30.1 Å². The first-order valence-corrected chi connectivity index (χ1v) is 8.95. The third-order valence-electron chi connectivity index (χ3n) is 5.20. The molecule has 0 aromatic rings. The molecule has 1 heterocycles. The van der Waals surface area contributed by atoms with E-state index in [1.165, 1.54) is 0 Å². The Hall–Kier alpha value is -0.810. The molecule has 5 nitrogen and oxygen atoms in total. The highest BCUT2D eigenvalue weighted by atomic mass is 35.5. The predicted octanol–water partition coefficient (Wildman–Crippen LogP) is 2.10. The van der Waals surface area contributed by atoms with Crippen LogP contribution in [0.2, 0.25) is 0 Å². The molecule has 6 heteroatoms. The van der Waals surface area contributed by atoms with Crippen LogP contribution in [0.1, 0.15) is 58.8 Å². The minimum Gasteiger partial charge on any atom is -0.341 e. The van der Waals surface area contributed by atoms with Gasteiger partial charge in [-0.2, -0.15) is 0 Å². The van der Waals surface area contributed by atoms with Gasteiger partial charge in [-0.1, -0.05) is 19.3 Å². The molecule has 23 heavy (non-hydrogen) atoms. The molecule has 0 bridgehead atoms. The molecule has 2 N–H and O–H groups in total. The van der Waals surface area contributed by atoms with E-state index in [9.17, 15) is 9.59 Å². The Morgan fingerprint density at radius 3 is 2.30 bits per heavy atom. The summed E-state index contributed by atoms with van der Waals surface area (Å²) in [5.74, 6) is 0.195. The summed E-state index contributed by atoms with van der Waals surface area (Å²) in [5, 5.41) is 6.46. The molecule has 2 rings (SSSR count). The van der Waals surface area contributed by atoms with E-state index in [1.54, 1.807) is 0 Å². The molecular formula is C17H32ClN3O2. The number of hydrogen-bond donors (Lipinski definition) is 2. The van der Waals surface area contributed by atoms with Crippen molar-refractivity contribution in [3.05, 3.63) is 0 Å². The number of amides is 2. The average molecular weight is 346 g/mol. The van der Waals surface area contributed by atoms with E-state index in [0.29, 0.717) is 13.1 Å². The maximum atomic E-state index is 13.0. The van der Waals surface area contributed by atoms with Crippen LogP contribution in [0.15, 0.2) is 0 Å². The first-order valence-electron chi connectivity index (χ1n) is 8.95. The maximum Gasteiger partial charge on any atom is 0.248 e. The van der Waals surface area contributed by atoms with Gasteiger partial charge in [0.1, 0.15) is 5.54 Å². The summed E-state index contributed by atoms with van der Waals surface area (Å²) in [6.07, 6.45) is 6.74. The van der Waals surface area contributed by atoms with Gasteiger partial charge in [0.15, 0.2) is 0 Å². The highest BCUT2D eigenvalue weighted by Crippen LogP contribution is 2.31. The molecule has 0 aromatic heterocycles. The number of nitrogens with zero attached hydrogens (tertiary/aromatic N) is 1. The zero-order valence-electron chi connectivity index (χ0n) is 14.5. The van der Waals surface area contributed by atoms with E-state index in [4.69, 9.17) is 0 Å². The van der Waals surface area contributed by atoms with Gasteiger partial charge in [0, 0.05) is 19.6 Å². The molecule has 1 aliphatic carbocycles. The van der Waals surface area contributed by atoms with Gasteiger partial charge in [0.25, 0.3) is 0 Å². The van der Waals surface area contributed by atoms with Crippen molar-refractivity contribution in [2.75, 3.05) is 26.2 Å². The highest BCUT2D eigenvalue weighted by Gasteiger charge is 2.43. The van der Waals surface area contributed by atoms with Gasteiger partial charge in [0.2, 0.25) is 11.8 Å². The Bertz CT molecular complexity index is 387. The lowest BCUT2D eigenvalue weighted by atomic mass is 9.79. The molecule has 1 unspecified atom stereocenters. The Morgan fingerprint density at radius 2 is 1.78 bits per heavy atom. The molecule has 1 saturated carbocycles.